The lowest BCUT2D eigenvalue weighted by atomic mass is 9.87. The summed E-state index contributed by atoms with van der Waals surface area (Å²) in [7, 11) is -3.59. The first-order chi connectivity index (χ1) is 14.8. The van der Waals surface area contributed by atoms with E-state index in [2.05, 4.69) is 4.98 Å². The molecule has 0 bridgehead atoms. The van der Waals surface area contributed by atoms with Crippen molar-refractivity contribution in [3.05, 3.63) is 71.9 Å². The molecule has 0 unspecified atom stereocenters. The van der Waals surface area contributed by atoms with Crippen LogP contribution in [0.15, 0.2) is 65.7 Å². The predicted molar refractivity (Wildman–Crippen MR) is 117 cm³/mol. The van der Waals surface area contributed by atoms with Gasteiger partial charge in [-0.1, -0.05) is 43.2 Å². The summed E-state index contributed by atoms with van der Waals surface area (Å²) in [5.74, 6) is 0.315. The highest BCUT2D eigenvalue weighted by atomic mass is 32.2. The number of β-amino-alcohol motifs (C(OH)–C–C–N with tert-alkyl or cyclic N) is 1. The van der Waals surface area contributed by atoms with E-state index in [1.165, 1.54) is 12.8 Å². The van der Waals surface area contributed by atoms with Gasteiger partial charge in [0.25, 0.3) is 5.91 Å². The largest absolute Gasteiger partial charge is 0.386 e. The van der Waals surface area contributed by atoms with Crippen molar-refractivity contribution in [3.63, 3.8) is 0 Å². The molecule has 1 aromatic heterocycles. The molecular formula is C24H24N2O4S. The molecule has 0 radical (unpaired) electrons. The number of likely N-dealkylation sites (tertiary alicyclic amines) is 1. The van der Waals surface area contributed by atoms with E-state index >= 15 is 0 Å². The Morgan fingerprint density at radius 3 is 2.48 bits per heavy atom. The first kappa shape index (κ1) is 20.2. The highest BCUT2D eigenvalue weighted by Gasteiger charge is 2.46. The van der Waals surface area contributed by atoms with E-state index in [0.29, 0.717) is 35.7 Å². The molecule has 7 heteroatoms. The summed E-state index contributed by atoms with van der Waals surface area (Å²) < 4.78 is 26.0. The molecule has 1 saturated carbocycles. The monoisotopic (exact) mass is 436 g/mol. The molecule has 1 aliphatic carbocycles. The maximum atomic E-state index is 13.0. The second kappa shape index (κ2) is 7.43. The Morgan fingerprint density at radius 2 is 1.77 bits per heavy atom. The summed E-state index contributed by atoms with van der Waals surface area (Å²) in [5, 5.41) is 11.3. The Labute approximate surface area is 181 Å². The van der Waals surface area contributed by atoms with E-state index in [1.54, 1.807) is 53.6 Å². The van der Waals surface area contributed by atoms with Gasteiger partial charge < -0.3 is 10.0 Å². The van der Waals surface area contributed by atoms with Crippen molar-refractivity contribution in [2.75, 3.05) is 13.1 Å². The number of carbonyl (C=O) groups excluding carboxylic acids is 1. The minimum absolute atomic E-state index is 0.131. The van der Waals surface area contributed by atoms with Gasteiger partial charge in [-0.3, -0.25) is 9.78 Å². The van der Waals surface area contributed by atoms with Crippen molar-refractivity contribution in [2.24, 2.45) is 5.92 Å². The zero-order valence-electron chi connectivity index (χ0n) is 17.1. The third-order valence-electron chi connectivity index (χ3n) is 6.11. The van der Waals surface area contributed by atoms with Crippen molar-refractivity contribution in [2.45, 2.75) is 35.5 Å². The number of pyridine rings is 1. The molecule has 2 fully saturated rings. The molecule has 2 heterocycles. The van der Waals surface area contributed by atoms with Crippen LogP contribution in [0.2, 0.25) is 0 Å². The summed E-state index contributed by atoms with van der Waals surface area (Å²) >= 11 is 0. The summed E-state index contributed by atoms with van der Waals surface area (Å²) in [6.45, 7) is 0.735. The molecule has 1 amide bonds. The molecule has 160 valence electrons. The van der Waals surface area contributed by atoms with E-state index < -0.39 is 15.4 Å². The number of hydrogen-bond donors (Lipinski definition) is 1. The van der Waals surface area contributed by atoms with Crippen LogP contribution in [-0.2, 0) is 15.6 Å². The Kier molecular flexibility index (Phi) is 4.83. The lowest BCUT2D eigenvalue weighted by Gasteiger charge is -2.46. The van der Waals surface area contributed by atoms with E-state index in [4.69, 9.17) is 0 Å². The normalized spacial score (nSPS) is 18.0. The van der Waals surface area contributed by atoms with Gasteiger partial charge in [-0.15, -0.1) is 0 Å². The molecule has 3 aromatic rings. The zero-order valence-corrected chi connectivity index (χ0v) is 17.9. The second-order valence-corrected chi connectivity index (χ2v) is 10.8. The van der Waals surface area contributed by atoms with Crippen molar-refractivity contribution < 1.29 is 18.3 Å². The number of rotatable bonds is 6. The standard InChI is InChI=1S/C24H24N2O4S/c27-23(26-15-24(28,16-26)13-17-6-7-17)20-10-8-18(9-11-20)14-31(29,30)21-5-1-3-19-4-2-12-25-22(19)21/h1-5,8-12,17,28H,6-7,13-16H2. The molecule has 31 heavy (non-hydrogen) atoms. The van der Waals surface area contributed by atoms with Crippen LogP contribution in [0.5, 0.6) is 0 Å². The molecule has 0 atom stereocenters. The fraction of sp³-hybridized carbons (Fsp3) is 0.333. The molecule has 6 nitrogen and oxygen atoms in total. The summed E-state index contributed by atoms with van der Waals surface area (Å²) in [6.07, 6.45) is 4.71. The molecular weight excluding hydrogens is 412 g/mol. The lowest BCUT2D eigenvalue weighted by Crippen LogP contribution is -2.63. The summed E-state index contributed by atoms with van der Waals surface area (Å²) in [5.41, 5.74) is 0.838. The molecule has 5 rings (SSSR count). The van der Waals surface area contributed by atoms with E-state index in [-0.39, 0.29) is 16.6 Å². The first-order valence-corrected chi connectivity index (χ1v) is 12.2. The van der Waals surface area contributed by atoms with Crippen LogP contribution in [0, 0.1) is 5.92 Å². The minimum atomic E-state index is -3.59. The lowest BCUT2D eigenvalue weighted by molar-refractivity contribution is -0.0889. The van der Waals surface area contributed by atoms with Crippen LogP contribution in [0.3, 0.4) is 0 Å². The number of aromatic nitrogens is 1. The molecule has 1 aliphatic heterocycles. The molecule has 2 aliphatic rings. The Bertz CT molecular complexity index is 1240. The fourth-order valence-electron chi connectivity index (χ4n) is 4.35. The van der Waals surface area contributed by atoms with Gasteiger partial charge in [0.2, 0.25) is 0 Å². The Morgan fingerprint density at radius 1 is 1.06 bits per heavy atom. The number of aliphatic hydroxyl groups is 1. The molecule has 1 saturated heterocycles. The number of hydrogen-bond acceptors (Lipinski definition) is 5. The van der Waals surface area contributed by atoms with Crippen LogP contribution >= 0.6 is 0 Å². The highest BCUT2D eigenvalue weighted by molar-refractivity contribution is 7.90. The second-order valence-electron chi connectivity index (χ2n) is 8.82. The van der Waals surface area contributed by atoms with Gasteiger partial charge in [0.1, 0.15) is 0 Å². The fourth-order valence-corrected chi connectivity index (χ4v) is 5.88. The predicted octanol–water partition coefficient (Wildman–Crippen LogP) is 3.20. The quantitative estimate of drug-likeness (QED) is 0.641. The summed E-state index contributed by atoms with van der Waals surface area (Å²) in [4.78, 5) is 18.8. The third kappa shape index (κ3) is 4.07. The van der Waals surface area contributed by atoms with Crippen LogP contribution in [0.1, 0.15) is 35.2 Å². The van der Waals surface area contributed by atoms with Crippen LogP contribution < -0.4 is 0 Å². The van der Waals surface area contributed by atoms with E-state index in [9.17, 15) is 18.3 Å². The van der Waals surface area contributed by atoms with Crippen molar-refractivity contribution in [3.8, 4) is 0 Å². The van der Waals surface area contributed by atoms with Gasteiger partial charge in [0.15, 0.2) is 9.84 Å². The number of para-hydroxylation sites is 1. The highest BCUT2D eigenvalue weighted by Crippen LogP contribution is 2.40. The van der Waals surface area contributed by atoms with Gasteiger partial charge >= 0.3 is 0 Å². The number of carbonyl (C=O) groups is 1. The average Bonchev–Trinajstić information content (AvgIpc) is 3.55. The smallest absolute Gasteiger partial charge is 0.254 e. The van der Waals surface area contributed by atoms with Crippen LogP contribution in [0.4, 0.5) is 0 Å². The number of amides is 1. The third-order valence-corrected chi connectivity index (χ3v) is 7.82. The Hall–Kier alpha value is -2.77. The molecule has 2 aromatic carbocycles. The molecule has 0 spiro atoms. The van der Waals surface area contributed by atoms with Crippen molar-refractivity contribution in [1.82, 2.24) is 9.88 Å². The molecule has 1 N–H and O–H groups in total. The maximum Gasteiger partial charge on any atom is 0.254 e. The van der Waals surface area contributed by atoms with E-state index in [0.717, 1.165) is 11.8 Å². The number of sulfone groups is 1. The van der Waals surface area contributed by atoms with Gasteiger partial charge in [-0.25, -0.2) is 8.42 Å². The summed E-state index contributed by atoms with van der Waals surface area (Å²) in [6, 6.07) is 15.4. The number of benzene rings is 2. The minimum Gasteiger partial charge on any atom is -0.386 e. The topological polar surface area (TPSA) is 87.6 Å². The SMILES string of the molecule is O=C(c1ccc(CS(=O)(=O)c2cccc3cccnc23)cc1)N1CC(O)(CC2CC2)C1. The number of nitrogens with zero attached hydrogens (tertiary/aromatic N) is 2. The average molecular weight is 437 g/mol. The van der Waals surface area contributed by atoms with Gasteiger partial charge in [-0.2, -0.15) is 0 Å². The van der Waals surface area contributed by atoms with Crippen LogP contribution in [-0.4, -0.2) is 48.0 Å². The van der Waals surface area contributed by atoms with Crippen LogP contribution in [0.25, 0.3) is 10.9 Å². The number of fused-ring (bicyclic) bond motifs is 1. The Balaban J connectivity index is 1.28. The van der Waals surface area contributed by atoms with Crippen molar-refractivity contribution >= 4 is 26.6 Å². The first-order valence-electron chi connectivity index (χ1n) is 10.5. The van der Waals surface area contributed by atoms with Gasteiger partial charge in [0.05, 0.1) is 34.9 Å². The maximum absolute atomic E-state index is 13.0. The van der Waals surface area contributed by atoms with Crippen molar-refractivity contribution in [1.29, 1.82) is 0 Å². The van der Waals surface area contributed by atoms with Gasteiger partial charge in [-0.05, 0) is 42.2 Å². The van der Waals surface area contributed by atoms with E-state index in [1.807, 2.05) is 12.1 Å². The van der Waals surface area contributed by atoms with Gasteiger partial charge in [0, 0.05) is 17.1 Å². The zero-order chi connectivity index (χ0) is 21.6.